The molecule has 0 saturated heterocycles. The van der Waals surface area contributed by atoms with Crippen LogP contribution in [0.25, 0.3) is 32.2 Å². The number of aromatic nitrogens is 2. The molecule has 0 saturated carbocycles. The number of carbonyl (C=O) groups is 1. The Morgan fingerprint density at radius 1 is 0.967 bits per heavy atom. The van der Waals surface area contributed by atoms with Crippen molar-refractivity contribution < 1.29 is 9.18 Å². The van der Waals surface area contributed by atoms with Crippen LogP contribution in [0.3, 0.4) is 0 Å². The summed E-state index contributed by atoms with van der Waals surface area (Å²) < 4.78 is 15.8. The number of Topliss-reactive ketones (excluding diaryl/α,β-unsaturated/α-hetero) is 1. The summed E-state index contributed by atoms with van der Waals surface area (Å²) in [4.78, 5) is 20.3. The van der Waals surface area contributed by atoms with Crippen molar-refractivity contribution in [3.05, 3.63) is 83.8 Å². The molecule has 0 amide bonds. The molecule has 0 spiro atoms. The topological polar surface area (TPSA) is 54.9 Å². The molecule has 0 bridgehead atoms. The Hall–Kier alpha value is -3.64. The maximum Gasteiger partial charge on any atom is 0.159 e. The second-order valence-electron chi connectivity index (χ2n) is 7.00. The lowest BCUT2D eigenvalue weighted by Gasteiger charge is -2.12. The third-order valence-electron chi connectivity index (χ3n) is 5.04. The molecule has 0 radical (unpaired) electrons. The largest absolute Gasteiger partial charge is 0.355 e. The minimum Gasteiger partial charge on any atom is -0.355 e. The van der Waals surface area contributed by atoms with Crippen LogP contribution in [0.15, 0.2) is 72.4 Å². The molecule has 2 aromatic heterocycles. The number of rotatable bonds is 4. The number of pyridine rings is 1. The summed E-state index contributed by atoms with van der Waals surface area (Å²) in [6.45, 7) is 1.43. The number of halogens is 1. The highest BCUT2D eigenvalue weighted by Crippen LogP contribution is 2.32. The van der Waals surface area contributed by atoms with Crippen LogP contribution in [0.2, 0.25) is 0 Å². The number of nitrogens with one attached hydrogen (secondary N) is 1. The van der Waals surface area contributed by atoms with Crippen LogP contribution in [0.5, 0.6) is 0 Å². The van der Waals surface area contributed by atoms with E-state index in [1.54, 1.807) is 29.7 Å². The summed E-state index contributed by atoms with van der Waals surface area (Å²) in [6.07, 6.45) is 1.74. The van der Waals surface area contributed by atoms with Gasteiger partial charge in [0.2, 0.25) is 0 Å². The molecule has 0 unspecified atom stereocenters. The Labute approximate surface area is 176 Å². The Kier molecular flexibility index (Phi) is 4.48. The fourth-order valence-corrected chi connectivity index (χ4v) is 4.14. The Morgan fingerprint density at radius 2 is 1.87 bits per heavy atom. The molecule has 5 rings (SSSR count). The fourth-order valence-electron chi connectivity index (χ4n) is 3.48. The monoisotopic (exact) mass is 413 g/mol. The molecule has 5 aromatic rings. The van der Waals surface area contributed by atoms with Crippen molar-refractivity contribution in [2.45, 2.75) is 6.92 Å². The first-order chi connectivity index (χ1) is 14.6. The third-order valence-corrected chi connectivity index (χ3v) is 5.85. The zero-order valence-electron chi connectivity index (χ0n) is 16.0. The van der Waals surface area contributed by atoms with Crippen molar-refractivity contribution in [3.8, 4) is 11.1 Å². The van der Waals surface area contributed by atoms with Gasteiger partial charge in [-0.2, -0.15) is 0 Å². The summed E-state index contributed by atoms with van der Waals surface area (Å²) in [5.41, 5.74) is 6.89. The predicted octanol–water partition coefficient (Wildman–Crippen LogP) is 6.60. The van der Waals surface area contributed by atoms with Crippen LogP contribution >= 0.6 is 11.3 Å². The van der Waals surface area contributed by atoms with E-state index in [0.29, 0.717) is 11.1 Å². The Balaban J connectivity index is 1.58. The van der Waals surface area contributed by atoms with Crippen molar-refractivity contribution >= 4 is 49.6 Å². The van der Waals surface area contributed by atoms with Crippen LogP contribution in [-0.4, -0.2) is 15.8 Å². The number of ketones is 1. The molecule has 0 aliphatic carbocycles. The molecule has 0 aliphatic heterocycles. The highest BCUT2D eigenvalue weighted by atomic mass is 32.1. The lowest BCUT2D eigenvalue weighted by Crippen LogP contribution is -1.95. The zero-order valence-corrected chi connectivity index (χ0v) is 16.8. The number of hydrogen-bond donors (Lipinski definition) is 1. The van der Waals surface area contributed by atoms with Crippen molar-refractivity contribution in [2.24, 2.45) is 0 Å². The van der Waals surface area contributed by atoms with Gasteiger partial charge in [0.1, 0.15) is 5.82 Å². The van der Waals surface area contributed by atoms with Gasteiger partial charge in [0.15, 0.2) is 5.78 Å². The van der Waals surface area contributed by atoms with Gasteiger partial charge in [0.25, 0.3) is 0 Å². The van der Waals surface area contributed by atoms with Gasteiger partial charge in [-0.25, -0.2) is 9.37 Å². The van der Waals surface area contributed by atoms with Gasteiger partial charge in [-0.1, -0.05) is 18.2 Å². The molecular formula is C24H16FN3OS. The number of thiazole rings is 1. The van der Waals surface area contributed by atoms with Gasteiger partial charge in [0.05, 0.1) is 21.2 Å². The predicted molar refractivity (Wildman–Crippen MR) is 120 cm³/mol. The van der Waals surface area contributed by atoms with E-state index in [9.17, 15) is 9.18 Å². The van der Waals surface area contributed by atoms with Gasteiger partial charge >= 0.3 is 0 Å². The second kappa shape index (κ2) is 7.31. The maximum atomic E-state index is 14.7. The number of hydrogen-bond acceptors (Lipinski definition) is 5. The molecule has 3 aromatic carbocycles. The smallest absolute Gasteiger partial charge is 0.159 e. The SMILES string of the molecule is CC(=O)c1ccc(-c2ccc3nccc(Nc4ccc5scnc5c4)c3c2)c(F)c1. The summed E-state index contributed by atoms with van der Waals surface area (Å²) in [7, 11) is 0. The van der Waals surface area contributed by atoms with Gasteiger partial charge in [-0.05, 0) is 55.0 Å². The highest BCUT2D eigenvalue weighted by molar-refractivity contribution is 7.16. The molecule has 0 fully saturated rings. The number of fused-ring (bicyclic) bond motifs is 2. The van der Waals surface area contributed by atoms with Crippen LogP contribution in [0.1, 0.15) is 17.3 Å². The molecule has 4 nitrogen and oxygen atoms in total. The summed E-state index contributed by atoms with van der Waals surface area (Å²) >= 11 is 1.60. The first-order valence-corrected chi connectivity index (χ1v) is 10.3. The van der Waals surface area contributed by atoms with Crippen LogP contribution in [0.4, 0.5) is 15.8 Å². The van der Waals surface area contributed by atoms with E-state index >= 15 is 0 Å². The standard InChI is InChI=1S/C24H16FN3OS/c1-14(29)15-2-5-18(20(25)11-15)16-3-6-21-19(10-16)22(8-9-26-21)28-17-4-7-24-23(12-17)27-13-30-24/h2-13H,1H3,(H,26,28). The first kappa shape index (κ1) is 18.4. The maximum absolute atomic E-state index is 14.7. The number of benzene rings is 3. The number of anilines is 2. The molecule has 146 valence electrons. The van der Waals surface area contributed by atoms with Gasteiger partial charge in [-0.15, -0.1) is 11.3 Å². The number of carbonyl (C=O) groups excluding carboxylic acids is 1. The highest BCUT2D eigenvalue weighted by Gasteiger charge is 2.11. The summed E-state index contributed by atoms with van der Waals surface area (Å²) in [5.74, 6) is -0.582. The average molecular weight is 413 g/mol. The van der Waals surface area contributed by atoms with E-state index in [2.05, 4.69) is 15.3 Å². The lowest BCUT2D eigenvalue weighted by atomic mass is 10.00. The molecule has 2 heterocycles. The van der Waals surface area contributed by atoms with E-state index in [4.69, 9.17) is 0 Å². The molecular weight excluding hydrogens is 397 g/mol. The van der Waals surface area contributed by atoms with E-state index in [1.807, 2.05) is 48.0 Å². The van der Waals surface area contributed by atoms with Crippen molar-refractivity contribution in [1.29, 1.82) is 0 Å². The third kappa shape index (κ3) is 3.31. The molecule has 0 aliphatic rings. The minimum absolute atomic E-state index is 0.160. The van der Waals surface area contributed by atoms with Gasteiger partial charge in [0, 0.05) is 34.1 Å². The first-order valence-electron chi connectivity index (χ1n) is 9.38. The summed E-state index contributed by atoms with van der Waals surface area (Å²) in [6, 6.07) is 18.2. The van der Waals surface area contributed by atoms with Crippen molar-refractivity contribution in [3.63, 3.8) is 0 Å². The van der Waals surface area contributed by atoms with E-state index in [1.165, 1.54) is 13.0 Å². The molecule has 0 atom stereocenters. The molecule has 6 heteroatoms. The normalized spacial score (nSPS) is 11.1. The Morgan fingerprint density at radius 3 is 2.70 bits per heavy atom. The zero-order chi connectivity index (χ0) is 20.7. The molecule has 1 N–H and O–H groups in total. The lowest BCUT2D eigenvalue weighted by molar-refractivity contribution is 0.101. The average Bonchev–Trinajstić information content (AvgIpc) is 3.21. The van der Waals surface area contributed by atoms with Gasteiger partial charge in [-0.3, -0.25) is 9.78 Å². The van der Waals surface area contributed by atoms with Gasteiger partial charge < -0.3 is 5.32 Å². The second-order valence-corrected chi connectivity index (χ2v) is 7.89. The van der Waals surface area contributed by atoms with Crippen molar-refractivity contribution in [1.82, 2.24) is 9.97 Å². The quantitative estimate of drug-likeness (QED) is 0.337. The Bertz CT molecular complexity index is 1430. The minimum atomic E-state index is -0.422. The van der Waals surface area contributed by atoms with Crippen LogP contribution in [0, 0.1) is 5.82 Å². The van der Waals surface area contributed by atoms with Crippen molar-refractivity contribution in [2.75, 3.05) is 5.32 Å². The summed E-state index contributed by atoms with van der Waals surface area (Å²) in [5, 5.41) is 4.31. The number of nitrogens with zero attached hydrogens (tertiary/aromatic N) is 2. The molecule has 30 heavy (non-hydrogen) atoms. The van der Waals surface area contributed by atoms with E-state index in [-0.39, 0.29) is 5.78 Å². The van der Waals surface area contributed by atoms with Crippen LogP contribution in [-0.2, 0) is 0 Å². The van der Waals surface area contributed by atoms with Crippen LogP contribution < -0.4 is 5.32 Å². The van der Waals surface area contributed by atoms with E-state index in [0.717, 1.165) is 38.1 Å². The van der Waals surface area contributed by atoms with E-state index < -0.39 is 5.82 Å². The fraction of sp³-hybridized carbons (Fsp3) is 0.0417.